The highest BCUT2D eigenvalue weighted by Gasteiger charge is 2.20. The predicted molar refractivity (Wildman–Crippen MR) is 107 cm³/mol. The second-order valence-electron chi connectivity index (χ2n) is 6.59. The van der Waals surface area contributed by atoms with Crippen molar-refractivity contribution in [2.45, 2.75) is 26.9 Å². The highest BCUT2D eigenvalue weighted by molar-refractivity contribution is 9.10. The molecule has 6 heteroatoms. The molecule has 3 aromatic rings. The van der Waals surface area contributed by atoms with Gasteiger partial charge in [-0.2, -0.15) is 0 Å². The fourth-order valence-electron chi connectivity index (χ4n) is 3.11. The summed E-state index contributed by atoms with van der Waals surface area (Å²) in [5.74, 6) is -0.451. The molecule has 140 valence electrons. The molecule has 1 aromatic carbocycles. The molecule has 0 aliphatic heterocycles. The van der Waals surface area contributed by atoms with Gasteiger partial charge in [0.15, 0.2) is 0 Å². The van der Waals surface area contributed by atoms with E-state index in [1.165, 1.54) is 11.0 Å². The molecule has 0 saturated heterocycles. The van der Waals surface area contributed by atoms with Crippen LogP contribution in [0.15, 0.2) is 53.1 Å². The smallest absolute Gasteiger partial charge is 0.255 e. The van der Waals surface area contributed by atoms with Gasteiger partial charge in [0.05, 0.1) is 17.8 Å². The van der Waals surface area contributed by atoms with Gasteiger partial charge in [0, 0.05) is 41.2 Å². The fraction of sp³-hybridized carbons (Fsp3) is 0.238. The van der Waals surface area contributed by atoms with Crippen molar-refractivity contribution in [2.75, 3.05) is 7.05 Å². The molecule has 1 amide bonds. The summed E-state index contributed by atoms with van der Waals surface area (Å²) in [6.07, 6.45) is 1.76. The fourth-order valence-corrected chi connectivity index (χ4v) is 3.52. The Morgan fingerprint density at radius 1 is 1.22 bits per heavy atom. The minimum atomic E-state index is -0.321. The number of hydrogen-bond donors (Lipinski definition) is 0. The average Bonchev–Trinajstić information content (AvgIpc) is 2.93. The van der Waals surface area contributed by atoms with Gasteiger partial charge >= 0.3 is 0 Å². The predicted octanol–water partition coefficient (Wildman–Crippen LogP) is 4.72. The summed E-state index contributed by atoms with van der Waals surface area (Å²) < 4.78 is 16.9. The van der Waals surface area contributed by atoms with E-state index < -0.39 is 0 Å². The van der Waals surface area contributed by atoms with Crippen LogP contribution in [0.25, 0.3) is 0 Å². The van der Waals surface area contributed by atoms with Crippen LogP contribution in [0.1, 0.15) is 33.0 Å². The van der Waals surface area contributed by atoms with Gasteiger partial charge in [-0.3, -0.25) is 9.78 Å². The Labute approximate surface area is 166 Å². The lowest BCUT2D eigenvalue weighted by atomic mass is 10.1. The molecule has 0 N–H and O–H groups in total. The van der Waals surface area contributed by atoms with Crippen LogP contribution in [0.2, 0.25) is 0 Å². The highest BCUT2D eigenvalue weighted by Crippen LogP contribution is 2.21. The Hall–Kier alpha value is -2.47. The number of aryl methyl sites for hydroxylation is 1. The van der Waals surface area contributed by atoms with Crippen molar-refractivity contribution in [1.82, 2.24) is 14.5 Å². The average molecular weight is 430 g/mol. The molecule has 0 saturated carbocycles. The minimum absolute atomic E-state index is 0.130. The number of nitrogens with zero attached hydrogens (tertiary/aromatic N) is 3. The van der Waals surface area contributed by atoms with E-state index in [-0.39, 0.29) is 18.3 Å². The molecule has 0 bridgehead atoms. The number of carbonyl (C=O) groups is 1. The van der Waals surface area contributed by atoms with Crippen LogP contribution in [0.4, 0.5) is 4.39 Å². The van der Waals surface area contributed by atoms with Crippen molar-refractivity contribution < 1.29 is 9.18 Å². The molecule has 0 unspecified atom stereocenters. The number of hydrogen-bond acceptors (Lipinski definition) is 2. The number of pyridine rings is 1. The molecule has 3 rings (SSSR count). The van der Waals surface area contributed by atoms with Gasteiger partial charge in [-0.15, -0.1) is 0 Å². The lowest BCUT2D eigenvalue weighted by Crippen LogP contribution is -2.27. The number of halogens is 2. The van der Waals surface area contributed by atoms with Crippen LogP contribution in [-0.2, 0) is 13.1 Å². The number of rotatable bonds is 5. The van der Waals surface area contributed by atoms with Gasteiger partial charge in [-0.05, 0) is 50.2 Å². The zero-order chi connectivity index (χ0) is 19.6. The SMILES string of the molecule is Cc1cc(C(=O)N(C)Cc2cc(Br)ccc2F)c(C)n1Cc1ccccn1. The van der Waals surface area contributed by atoms with E-state index in [1.807, 2.05) is 38.1 Å². The maximum atomic E-state index is 14.0. The number of benzene rings is 1. The van der Waals surface area contributed by atoms with Gasteiger partial charge in [0.2, 0.25) is 0 Å². The summed E-state index contributed by atoms with van der Waals surface area (Å²) in [7, 11) is 1.69. The summed E-state index contributed by atoms with van der Waals surface area (Å²) >= 11 is 3.34. The summed E-state index contributed by atoms with van der Waals surface area (Å²) in [6, 6.07) is 12.4. The molecule has 4 nitrogen and oxygen atoms in total. The molecule has 27 heavy (non-hydrogen) atoms. The summed E-state index contributed by atoms with van der Waals surface area (Å²) in [4.78, 5) is 18.8. The summed E-state index contributed by atoms with van der Waals surface area (Å²) in [6.45, 7) is 4.71. The van der Waals surface area contributed by atoms with Gasteiger partial charge in [0.25, 0.3) is 5.91 Å². The van der Waals surface area contributed by atoms with E-state index >= 15 is 0 Å². The molecule has 0 atom stereocenters. The maximum absolute atomic E-state index is 14.0. The van der Waals surface area contributed by atoms with Gasteiger partial charge in [-0.25, -0.2) is 4.39 Å². The van der Waals surface area contributed by atoms with Crippen LogP contribution >= 0.6 is 15.9 Å². The summed E-state index contributed by atoms with van der Waals surface area (Å²) in [5.41, 5.74) is 3.90. The number of carbonyl (C=O) groups excluding carboxylic acids is 1. The Morgan fingerprint density at radius 2 is 2.00 bits per heavy atom. The lowest BCUT2D eigenvalue weighted by Gasteiger charge is -2.18. The van der Waals surface area contributed by atoms with Crippen LogP contribution in [0.3, 0.4) is 0 Å². The quantitative estimate of drug-likeness (QED) is 0.588. The van der Waals surface area contributed by atoms with E-state index in [9.17, 15) is 9.18 Å². The first-order chi connectivity index (χ1) is 12.9. The monoisotopic (exact) mass is 429 g/mol. The molecule has 0 aliphatic carbocycles. The summed E-state index contributed by atoms with van der Waals surface area (Å²) in [5, 5.41) is 0. The minimum Gasteiger partial charge on any atom is -0.342 e. The molecular weight excluding hydrogens is 409 g/mol. The molecule has 2 aromatic heterocycles. The van der Waals surface area contributed by atoms with Crippen molar-refractivity contribution in [3.63, 3.8) is 0 Å². The van der Waals surface area contributed by atoms with Crippen LogP contribution in [0, 0.1) is 19.7 Å². The third-order valence-electron chi connectivity index (χ3n) is 4.61. The van der Waals surface area contributed by atoms with Crippen LogP contribution in [-0.4, -0.2) is 27.4 Å². The number of aromatic nitrogens is 2. The molecule has 0 fully saturated rings. The van der Waals surface area contributed by atoms with Crippen molar-refractivity contribution in [3.8, 4) is 0 Å². The normalized spacial score (nSPS) is 10.9. The maximum Gasteiger partial charge on any atom is 0.255 e. The van der Waals surface area contributed by atoms with Crippen molar-refractivity contribution in [2.24, 2.45) is 0 Å². The zero-order valence-electron chi connectivity index (χ0n) is 15.5. The molecule has 0 aliphatic rings. The first-order valence-corrected chi connectivity index (χ1v) is 9.42. The van der Waals surface area contributed by atoms with E-state index in [0.29, 0.717) is 17.7 Å². The van der Waals surface area contributed by atoms with Crippen LogP contribution in [0.5, 0.6) is 0 Å². The lowest BCUT2D eigenvalue weighted by molar-refractivity contribution is 0.0783. The Kier molecular flexibility index (Phi) is 5.75. The third kappa shape index (κ3) is 4.27. The van der Waals surface area contributed by atoms with Crippen molar-refractivity contribution in [3.05, 3.63) is 87.2 Å². The Morgan fingerprint density at radius 3 is 2.70 bits per heavy atom. The van der Waals surface area contributed by atoms with Crippen molar-refractivity contribution >= 4 is 21.8 Å². The zero-order valence-corrected chi connectivity index (χ0v) is 17.1. The van der Waals surface area contributed by atoms with E-state index in [0.717, 1.165) is 21.6 Å². The molecular formula is C21H21BrFN3O. The Balaban J connectivity index is 1.82. The van der Waals surface area contributed by atoms with Crippen LogP contribution < -0.4 is 0 Å². The second-order valence-corrected chi connectivity index (χ2v) is 7.50. The van der Waals surface area contributed by atoms with E-state index in [4.69, 9.17) is 0 Å². The standard InChI is InChI=1S/C21H21BrFN3O/c1-14-10-19(15(2)26(14)13-18-6-4-5-9-24-18)21(27)25(3)12-16-11-17(22)7-8-20(16)23/h4-11H,12-13H2,1-3H3. The van der Waals surface area contributed by atoms with E-state index in [1.54, 1.807) is 25.4 Å². The van der Waals surface area contributed by atoms with Gasteiger partial charge in [-0.1, -0.05) is 22.0 Å². The molecule has 0 spiro atoms. The Bertz CT molecular complexity index is 969. The highest BCUT2D eigenvalue weighted by atomic mass is 79.9. The third-order valence-corrected chi connectivity index (χ3v) is 5.11. The first-order valence-electron chi connectivity index (χ1n) is 8.63. The topological polar surface area (TPSA) is 38.1 Å². The first kappa shape index (κ1) is 19.3. The van der Waals surface area contributed by atoms with Crippen molar-refractivity contribution in [1.29, 1.82) is 0 Å². The largest absolute Gasteiger partial charge is 0.342 e. The number of amides is 1. The molecule has 0 radical (unpaired) electrons. The van der Waals surface area contributed by atoms with Gasteiger partial charge < -0.3 is 9.47 Å². The van der Waals surface area contributed by atoms with Gasteiger partial charge in [0.1, 0.15) is 5.82 Å². The second kappa shape index (κ2) is 8.05. The van der Waals surface area contributed by atoms with E-state index in [2.05, 4.69) is 25.5 Å². The molecule has 2 heterocycles.